The molecule has 0 spiro atoms. The second-order valence-corrected chi connectivity index (χ2v) is 7.66. The summed E-state index contributed by atoms with van der Waals surface area (Å²) in [7, 11) is 0. The summed E-state index contributed by atoms with van der Waals surface area (Å²) in [6, 6.07) is 0.890. The van der Waals surface area contributed by atoms with E-state index in [1.807, 2.05) is 0 Å². The predicted molar refractivity (Wildman–Crippen MR) is 78.8 cm³/mol. The normalized spacial score (nSPS) is 32.5. The van der Waals surface area contributed by atoms with Gasteiger partial charge in [-0.05, 0) is 69.1 Å². The number of piperidine rings is 1. The molecule has 1 saturated heterocycles. The van der Waals surface area contributed by atoms with Crippen LogP contribution in [0.25, 0.3) is 0 Å². The van der Waals surface area contributed by atoms with Gasteiger partial charge in [-0.1, -0.05) is 27.7 Å². The van der Waals surface area contributed by atoms with Gasteiger partial charge in [0.2, 0.25) is 0 Å². The highest BCUT2D eigenvalue weighted by atomic mass is 15.2. The van der Waals surface area contributed by atoms with Crippen LogP contribution >= 0.6 is 0 Å². The van der Waals surface area contributed by atoms with E-state index in [9.17, 15) is 0 Å². The topological polar surface area (TPSA) is 15.3 Å². The Morgan fingerprint density at radius 1 is 1.17 bits per heavy atom. The number of hydrogen-bond acceptors (Lipinski definition) is 2. The molecule has 0 radical (unpaired) electrons. The Kier molecular flexibility index (Phi) is 4.71. The van der Waals surface area contributed by atoms with Crippen molar-refractivity contribution in [2.75, 3.05) is 26.2 Å². The van der Waals surface area contributed by atoms with Gasteiger partial charge in [-0.3, -0.25) is 0 Å². The van der Waals surface area contributed by atoms with E-state index in [4.69, 9.17) is 0 Å². The first-order chi connectivity index (χ1) is 8.48. The van der Waals surface area contributed by atoms with Gasteiger partial charge >= 0.3 is 0 Å². The quantitative estimate of drug-likeness (QED) is 0.809. The average molecular weight is 252 g/mol. The third-order valence-electron chi connectivity index (χ3n) is 4.96. The summed E-state index contributed by atoms with van der Waals surface area (Å²) in [5, 5.41) is 3.65. The van der Waals surface area contributed by atoms with Gasteiger partial charge in [-0.25, -0.2) is 0 Å². The monoisotopic (exact) mass is 252 g/mol. The molecular formula is C16H32N2. The second-order valence-electron chi connectivity index (χ2n) is 7.66. The molecule has 0 amide bonds. The highest BCUT2D eigenvalue weighted by Gasteiger charge is 2.37. The lowest BCUT2D eigenvalue weighted by atomic mass is 9.75. The Balaban J connectivity index is 1.70. The van der Waals surface area contributed by atoms with E-state index in [1.54, 1.807) is 0 Å². The van der Waals surface area contributed by atoms with Crippen molar-refractivity contribution < 1.29 is 0 Å². The minimum atomic E-state index is 0.589. The molecule has 2 fully saturated rings. The standard InChI is InChI=1S/C16H32N2/c1-13(2)11-17-12-14-5-6-15(14)18-9-7-16(3,4)8-10-18/h13-15,17H,5-12H2,1-4H3. The van der Waals surface area contributed by atoms with Crippen LogP contribution in [0.4, 0.5) is 0 Å². The van der Waals surface area contributed by atoms with Crippen molar-refractivity contribution in [3.05, 3.63) is 0 Å². The lowest BCUT2D eigenvalue weighted by molar-refractivity contribution is 0.0176. The summed E-state index contributed by atoms with van der Waals surface area (Å²) in [4.78, 5) is 2.77. The van der Waals surface area contributed by atoms with Crippen LogP contribution in [0.3, 0.4) is 0 Å². The molecule has 0 bridgehead atoms. The summed E-state index contributed by atoms with van der Waals surface area (Å²) in [5.41, 5.74) is 0.589. The van der Waals surface area contributed by atoms with E-state index in [1.165, 1.54) is 51.9 Å². The van der Waals surface area contributed by atoms with Crippen LogP contribution < -0.4 is 5.32 Å². The lowest BCUT2D eigenvalue weighted by Gasteiger charge is -2.48. The molecule has 1 N–H and O–H groups in total. The molecule has 0 aromatic heterocycles. The van der Waals surface area contributed by atoms with Gasteiger partial charge in [0.15, 0.2) is 0 Å². The molecule has 0 aromatic carbocycles. The van der Waals surface area contributed by atoms with Gasteiger partial charge in [0.1, 0.15) is 0 Å². The van der Waals surface area contributed by atoms with Crippen LogP contribution in [-0.2, 0) is 0 Å². The fraction of sp³-hybridized carbons (Fsp3) is 1.00. The fourth-order valence-electron chi connectivity index (χ4n) is 3.29. The van der Waals surface area contributed by atoms with E-state index in [-0.39, 0.29) is 0 Å². The summed E-state index contributed by atoms with van der Waals surface area (Å²) >= 11 is 0. The van der Waals surface area contributed by atoms with Crippen LogP contribution in [0.5, 0.6) is 0 Å². The number of nitrogens with one attached hydrogen (secondary N) is 1. The maximum Gasteiger partial charge on any atom is 0.0136 e. The van der Waals surface area contributed by atoms with Crippen molar-refractivity contribution in [2.24, 2.45) is 17.3 Å². The first kappa shape index (κ1) is 14.3. The van der Waals surface area contributed by atoms with Crippen molar-refractivity contribution in [3.63, 3.8) is 0 Å². The van der Waals surface area contributed by atoms with Gasteiger partial charge in [0.25, 0.3) is 0 Å². The van der Waals surface area contributed by atoms with E-state index < -0.39 is 0 Å². The molecule has 2 atom stereocenters. The Morgan fingerprint density at radius 2 is 1.83 bits per heavy atom. The molecular weight excluding hydrogens is 220 g/mol. The fourth-order valence-corrected chi connectivity index (χ4v) is 3.29. The number of rotatable bonds is 5. The molecule has 1 aliphatic carbocycles. The van der Waals surface area contributed by atoms with Gasteiger partial charge < -0.3 is 10.2 Å². The van der Waals surface area contributed by atoms with Gasteiger partial charge in [-0.2, -0.15) is 0 Å². The van der Waals surface area contributed by atoms with Crippen LogP contribution in [0.15, 0.2) is 0 Å². The second kappa shape index (κ2) is 5.92. The van der Waals surface area contributed by atoms with Crippen molar-refractivity contribution in [1.82, 2.24) is 10.2 Å². The molecule has 18 heavy (non-hydrogen) atoms. The van der Waals surface area contributed by atoms with Gasteiger partial charge in [-0.15, -0.1) is 0 Å². The maximum absolute atomic E-state index is 3.65. The smallest absolute Gasteiger partial charge is 0.0136 e. The first-order valence-corrected chi connectivity index (χ1v) is 7.93. The summed E-state index contributed by atoms with van der Waals surface area (Å²) < 4.78 is 0. The maximum atomic E-state index is 3.65. The zero-order valence-corrected chi connectivity index (χ0v) is 12.8. The number of hydrogen-bond donors (Lipinski definition) is 1. The highest BCUT2D eigenvalue weighted by molar-refractivity contribution is 4.93. The minimum absolute atomic E-state index is 0.589. The van der Waals surface area contributed by atoms with Gasteiger partial charge in [0, 0.05) is 6.04 Å². The molecule has 2 heteroatoms. The van der Waals surface area contributed by atoms with E-state index in [2.05, 4.69) is 37.9 Å². The number of likely N-dealkylation sites (tertiary alicyclic amines) is 1. The van der Waals surface area contributed by atoms with E-state index in [0.717, 1.165) is 17.9 Å². The molecule has 1 saturated carbocycles. The Labute approximate surface area is 114 Å². The molecule has 2 rings (SSSR count). The van der Waals surface area contributed by atoms with Gasteiger partial charge in [0.05, 0.1) is 0 Å². The largest absolute Gasteiger partial charge is 0.316 e. The van der Waals surface area contributed by atoms with Crippen LogP contribution in [-0.4, -0.2) is 37.1 Å². The minimum Gasteiger partial charge on any atom is -0.316 e. The Bertz CT molecular complexity index is 250. The van der Waals surface area contributed by atoms with E-state index >= 15 is 0 Å². The zero-order chi connectivity index (χ0) is 13.2. The molecule has 2 aliphatic rings. The predicted octanol–water partition coefficient (Wildman–Crippen LogP) is 3.13. The zero-order valence-electron chi connectivity index (χ0n) is 12.8. The molecule has 2 nitrogen and oxygen atoms in total. The summed E-state index contributed by atoms with van der Waals surface area (Å²) in [6.07, 6.45) is 5.65. The highest BCUT2D eigenvalue weighted by Crippen LogP contribution is 2.37. The Morgan fingerprint density at radius 3 is 2.33 bits per heavy atom. The summed E-state index contributed by atoms with van der Waals surface area (Å²) in [5.74, 6) is 1.70. The van der Waals surface area contributed by atoms with E-state index in [0.29, 0.717) is 5.41 Å². The first-order valence-electron chi connectivity index (χ1n) is 7.93. The van der Waals surface area contributed by atoms with Crippen molar-refractivity contribution >= 4 is 0 Å². The van der Waals surface area contributed by atoms with Crippen molar-refractivity contribution in [2.45, 2.75) is 59.4 Å². The summed E-state index contributed by atoms with van der Waals surface area (Å²) in [6.45, 7) is 14.5. The lowest BCUT2D eigenvalue weighted by Crippen LogP contribution is -2.53. The molecule has 2 unspecified atom stereocenters. The van der Waals surface area contributed by atoms with Crippen LogP contribution in [0.1, 0.15) is 53.4 Å². The molecule has 0 aromatic rings. The Hall–Kier alpha value is -0.0800. The SMILES string of the molecule is CC(C)CNCC1CCC1N1CCC(C)(C)CC1. The van der Waals surface area contributed by atoms with Crippen molar-refractivity contribution in [3.8, 4) is 0 Å². The van der Waals surface area contributed by atoms with Crippen molar-refractivity contribution in [1.29, 1.82) is 0 Å². The van der Waals surface area contributed by atoms with Crippen LogP contribution in [0.2, 0.25) is 0 Å². The number of nitrogens with zero attached hydrogens (tertiary/aromatic N) is 1. The third-order valence-corrected chi connectivity index (χ3v) is 4.96. The third kappa shape index (κ3) is 3.71. The average Bonchev–Trinajstić information content (AvgIpc) is 2.25. The molecule has 1 aliphatic heterocycles. The molecule has 106 valence electrons. The molecule has 1 heterocycles. The van der Waals surface area contributed by atoms with Crippen LogP contribution in [0, 0.1) is 17.3 Å².